The zero-order valence-corrected chi connectivity index (χ0v) is 37.1. The highest BCUT2D eigenvalue weighted by molar-refractivity contribution is 7.47. The number of aliphatic carboxylic acids is 1. The van der Waals surface area contributed by atoms with Crippen molar-refractivity contribution in [2.75, 3.05) is 19.8 Å². The number of aliphatic hydroxyl groups is 1. The number of carbonyl (C=O) groups excluding carboxylic acids is 2. The SMILES string of the molecule is CC/C=C\C/C=C\CC(O)/C=C/C=C\C/C=C\C/C=C\CCC(=O)O[C@H](COC(=O)CCCCCCCCCCCCCCCCC)COP(=O)(O)OC[C@H](N)C(=O)O. The Morgan fingerprint density at radius 2 is 1.15 bits per heavy atom. The second-order valence-corrected chi connectivity index (χ2v) is 16.1. The quantitative estimate of drug-likeness (QED) is 0.0150. The van der Waals surface area contributed by atoms with Gasteiger partial charge in [0, 0.05) is 12.8 Å². The smallest absolute Gasteiger partial charge is 0.472 e. The minimum absolute atomic E-state index is 0.0111. The Bertz CT molecular complexity index is 1290. The molecule has 2 unspecified atom stereocenters. The third-order valence-electron chi connectivity index (χ3n) is 9.06. The molecule has 0 fully saturated rings. The number of carboxylic acid groups (broad SMARTS) is 1. The number of allylic oxidation sites excluding steroid dienone is 10. The summed E-state index contributed by atoms with van der Waals surface area (Å²) in [6.07, 6.45) is 44.4. The Morgan fingerprint density at radius 3 is 1.75 bits per heavy atom. The van der Waals surface area contributed by atoms with Gasteiger partial charge in [-0.05, 0) is 44.9 Å². The fraction of sp³-hybridized carbons (Fsp3) is 0.674. The number of carboxylic acids is 1. The van der Waals surface area contributed by atoms with Gasteiger partial charge in [0.25, 0.3) is 0 Å². The van der Waals surface area contributed by atoms with Gasteiger partial charge in [0.2, 0.25) is 0 Å². The zero-order chi connectivity index (χ0) is 43.7. The number of ether oxygens (including phenoxy) is 2. The third kappa shape index (κ3) is 40.1. The maximum atomic E-state index is 12.6. The molecule has 13 heteroatoms. The van der Waals surface area contributed by atoms with Gasteiger partial charge in [0.15, 0.2) is 6.10 Å². The van der Waals surface area contributed by atoms with E-state index in [2.05, 4.69) is 30.5 Å². The largest absolute Gasteiger partial charge is 0.480 e. The van der Waals surface area contributed by atoms with Crippen LogP contribution < -0.4 is 5.73 Å². The number of esters is 2. The average Bonchev–Trinajstić information content (AvgIpc) is 3.21. The van der Waals surface area contributed by atoms with Crippen molar-refractivity contribution >= 4 is 25.7 Å². The second kappa shape index (κ2) is 40.3. The van der Waals surface area contributed by atoms with E-state index < -0.39 is 63.8 Å². The molecule has 59 heavy (non-hydrogen) atoms. The van der Waals surface area contributed by atoms with Crippen molar-refractivity contribution in [1.82, 2.24) is 0 Å². The molecule has 0 aliphatic heterocycles. The molecule has 0 aromatic carbocycles. The van der Waals surface area contributed by atoms with Gasteiger partial charge in [-0.3, -0.25) is 23.4 Å². The molecule has 12 nitrogen and oxygen atoms in total. The summed E-state index contributed by atoms with van der Waals surface area (Å²) >= 11 is 0. The summed E-state index contributed by atoms with van der Waals surface area (Å²) in [7, 11) is -4.75. The van der Waals surface area contributed by atoms with Crippen molar-refractivity contribution in [2.45, 2.75) is 180 Å². The summed E-state index contributed by atoms with van der Waals surface area (Å²) < 4.78 is 32.6. The van der Waals surface area contributed by atoms with Crippen LogP contribution >= 0.6 is 7.82 Å². The van der Waals surface area contributed by atoms with Gasteiger partial charge in [-0.25, -0.2) is 4.57 Å². The van der Waals surface area contributed by atoms with Crippen molar-refractivity contribution in [3.8, 4) is 0 Å². The molecule has 0 bridgehead atoms. The van der Waals surface area contributed by atoms with Crippen LogP contribution in [0.2, 0.25) is 0 Å². The lowest BCUT2D eigenvalue weighted by Crippen LogP contribution is -2.34. The van der Waals surface area contributed by atoms with E-state index in [0.29, 0.717) is 25.7 Å². The minimum Gasteiger partial charge on any atom is -0.480 e. The summed E-state index contributed by atoms with van der Waals surface area (Å²) in [6.45, 7) is 2.54. The normalized spacial score (nSPS) is 14.9. The number of hydrogen-bond acceptors (Lipinski definition) is 10. The molecule has 0 amide bonds. The Balaban J connectivity index is 4.55. The number of hydrogen-bond donors (Lipinski definition) is 4. The molecule has 0 heterocycles. The van der Waals surface area contributed by atoms with E-state index in [4.69, 9.17) is 24.8 Å². The van der Waals surface area contributed by atoms with Crippen molar-refractivity contribution in [3.05, 3.63) is 72.9 Å². The minimum atomic E-state index is -4.75. The third-order valence-corrected chi connectivity index (χ3v) is 10.0. The molecule has 0 rings (SSSR count). The monoisotopic (exact) mass is 852 g/mol. The van der Waals surface area contributed by atoms with Gasteiger partial charge >= 0.3 is 25.7 Å². The summed E-state index contributed by atoms with van der Waals surface area (Å²) in [6, 6.07) is -1.54. The van der Waals surface area contributed by atoms with E-state index in [9.17, 15) is 28.9 Å². The standard InChI is InChI=1S/C46H78NO11P/c1-3-5-7-9-11-12-13-14-15-16-17-21-24-28-32-36-44(49)55-38-42(39-56-59(53,54)57-40-43(47)46(51)52)58-45(50)37-33-29-25-22-19-18-20-23-27-31-35-41(48)34-30-26-10-8-6-4-2/h6,8,18-19,23,25-27,29-31,35,41-43,48H,3-5,7,9-17,20-22,24,28,32-34,36-40,47H2,1-2H3,(H,51,52)(H,53,54)/b8-6-,19-18-,27-23-,29-25-,30-26-,35-31+/t41?,42-,43+/m1/s1. The van der Waals surface area contributed by atoms with E-state index in [1.165, 1.54) is 70.6 Å². The molecule has 0 aromatic rings. The van der Waals surface area contributed by atoms with Crippen LogP contribution in [0.3, 0.4) is 0 Å². The highest BCUT2D eigenvalue weighted by atomic mass is 31.2. The summed E-state index contributed by atoms with van der Waals surface area (Å²) in [4.78, 5) is 45.9. The number of nitrogens with two attached hydrogens (primary N) is 1. The maximum absolute atomic E-state index is 12.6. The number of rotatable bonds is 40. The number of unbranched alkanes of at least 4 members (excludes halogenated alkanes) is 14. The van der Waals surface area contributed by atoms with E-state index in [1.54, 1.807) is 6.08 Å². The number of phosphoric acid groups is 1. The van der Waals surface area contributed by atoms with Gasteiger partial charge in [-0.15, -0.1) is 0 Å². The first kappa shape index (κ1) is 55.9. The van der Waals surface area contributed by atoms with Crippen molar-refractivity contribution in [2.24, 2.45) is 5.73 Å². The molecule has 5 N–H and O–H groups in total. The molecule has 0 aromatic heterocycles. The second-order valence-electron chi connectivity index (χ2n) is 14.7. The fourth-order valence-electron chi connectivity index (χ4n) is 5.59. The average molecular weight is 852 g/mol. The molecule has 0 aliphatic carbocycles. The summed E-state index contributed by atoms with van der Waals surface area (Å²) in [5, 5.41) is 18.9. The first-order valence-corrected chi connectivity index (χ1v) is 23.6. The first-order chi connectivity index (χ1) is 28.5. The lowest BCUT2D eigenvalue weighted by molar-refractivity contribution is -0.161. The zero-order valence-electron chi connectivity index (χ0n) is 36.2. The van der Waals surface area contributed by atoms with Crippen LogP contribution in [0.5, 0.6) is 0 Å². The van der Waals surface area contributed by atoms with E-state index in [-0.39, 0.29) is 12.8 Å². The van der Waals surface area contributed by atoms with Gasteiger partial charge < -0.3 is 30.3 Å². The van der Waals surface area contributed by atoms with Crippen LogP contribution in [-0.2, 0) is 37.5 Å². The summed E-state index contributed by atoms with van der Waals surface area (Å²) in [5.74, 6) is -2.53. The Hall–Kier alpha value is -3.12. The van der Waals surface area contributed by atoms with E-state index in [0.717, 1.165) is 38.5 Å². The highest BCUT2D eigenvalue weighted by Gasteiger charge is 2.28. The molecule has 0 spiro atoms. The molecular formula is C46H78NO11P. The lowest BCUT2D eigenvalue weighted by Gasteiger charge is -2.20. The van der Waals surface area contributed by atoms with Crippen LogP contribution in [0.1, 0.15) is 162 Å². The Morgan fingerprint density at radius 1 is 0.627 bits per heavy atom. The molecule has 338 valence electrons. The number of phosphoric ester groups is 1. The molecule has 0 saturated carbocycles. The molecule has 0 radical (unpaired) electrons. The van der Waals surface area contributed by atoms with Gasteiger partial charge in [-0.2, -0.15) is 0 Å². The predicted molar refractivity (Wildman–Crippen MR) is 237 cm³/mol. The molecule has 0 saturated heterocycles. The molecular weight excluding hydrogens is 773 g/mol. The van der Waals surface area contributed by atoms with Crippen LogP contribution in [0.25, 0.3) is 0 Å². The number of carbonyl (C=O) groups is 3. The highest BCUT2D eigenvalue weighted by Crippen LogP contribution is 2.43. The van der Waals surface area contributed by atoms with Gasteiger partial charge in [-0.1, -0.05) is 177 Å². The van der Waals surface area contributed by atoms with Crippen molar-refractivity contribution in [3.63, 3.8) is 0 Å². The molecule has 4 atom stereocenters. The van der Waals surface area contributed by atoms with E-state index >= 15 is 0 Å². The Kier molecular flexibility index (Phi) is 38.2. The van der Waals surface area contributed by atoms with Gasteiger partial charge in [0.1, 0.15) is 12.6 Å². The first-order valence-electron chi connectivity index (χ1n) is 22.1. The predicted octanol–water partition coefficient (Wildman–Crippen LogP) is 10.7. The lowest BCUT2D eigenvalue weighted by atomic mass is 10.0. The topological polar surface area (TPSA) is 192 Å². The van der Waals surface area contributed by atoms with Crippen LogP contribution in [0.4, 0.5) is 0 Å². The molecule has 0 aliphatic rings. The van der Waals surface area contributed by atoms with Crippen LogP contribution in [-0.4, -0.2) is 71.1 Å². The summed E-state index contributed by atoms with van der Waals surface area (Å²) in [5.41, 5.74) is 5.32. The fourth-order valence-corrected chi connectivity index (χ4v) is 6.36. The number of aliphatic hydroxyl groups excluding tert-OH is 1. The Labute approximate surface area is 355 Å². The van der Waals surface area contributed by atoms with Gasteiger partial charge in [0.05, 0.1) is 19.3 Å². The van der Waals surface area contributed by atoms with Crippen molar-refractivity contribution < 1.29 is 52.6 Å². The van der Waals surface area contributed by atoms with Crippen LogP contribution in [0.15, 0.2) is 72.9 Å². The maximum Gasteiger partial charge on any atom is 0.472 e. The van der Waals surface area contributed by atoms with Crippen LogP contribution in [0, 0.1) is 0 Å². The van der Waals surface area contributed by atoms with E-state index in [1.807, 2.05) is 54.7 Å². The van der Waals surface area contributed by atoms with Crippen molar-refractivity contribution in [1.29, 1.82) is 0 Å².